The summed E-state index contributed by atoms with van der Waals surface area (Å²) in [6, 6.07) is 10.8. The van der Waals surface area contributed by atoms with Crippen LogP contribution in [0.5, 0.6) is 5.75 Å². The van der Waals surface area contributed by atoms with Gasteiger partial charge in [0.2, 0.25) is 5.91 Å². The minimum atomic E-state index is -4.08. The standard InChI is InChI=1S/C21H27FN2O4S/c1-5-28-19-10-8-18(9-11-19)24(14-21(25)23-16(4)15(2)3)29(26,27)20-12-6-17(22)7-13-20/h6-13,15-16H,5,14H2,1-4H3,(H,23,25)/t16-/m0/s1. The van der Waals surface area contributed by atoms with E-state index in [9.17, 15) is 17.6 Å². The average molecular weight is 423 g/mol. The Labute approximate surface area is 171 Å². The lowest BCUT2D eigenvalue weighted by atomic mass is 10.1. The van der Waals surface area contributed by atoms with Gasteiger partial charge in [-0.3, -0.25) is 9.10 Å². The number of rotatable bonds is 9. The highest BCUT2D eigenvalue weighted by atomic mass is 32.2. The maximum Gasteiger partial charge on any atom is 0.264 e. The van der Waals surface area contributed by atoms with Crippen molar-refractivity contribution < 1.29 is 22.3 Å². The summed E-state index contributed by atoms with van der Waals surface area (Å²) in [5, 5.41) is 2.81. The molecule has 29 heavy (non-hydrogen) atoms. The van der Waals surface area contributed by atoms with Crippen LogP contribution in [0, 0.1) is 11.7 Å². The van der Waals surface area contributed by atoms with Gasteiger partial charge in [-0.2, -0.15) is 0 Å². The number of carbonyl (C=O) groups excluding carboxylic acids is 1. The molecule has 1 N–H and O–H groups in total. The predicted octanol–water partition coefficient (Wildman–Crippen LogP) is 3.58. The largest absolute Gasteiger partial charge is 0.494 e. The molecule has 158 valence electrons. The molecule has 0 unspecified atom stereocenters. The van der Waals surface area contributed by atoms with Gasteiger partial charge in [0.25, 0.3) is 10.0 Å². The summed E-state index contributed by atoms with van der Waals surface area (Å²) in [5.74, 6) is -0.175. The van der Waals surface area contributed by atoms with Gasteiger partial charge >= 0.3 is 0 Å². The molecule has 0 aromatic heterocycles. The van der Waals surface area contributed by atoms with Crippen molar-refractivity contribution >= 4 is 21.6 Å². The van der Waals surface area contributed by atoms with Gasteiger partial charge in [-0.05, 0) is 68.3 Å². The van der Waals surface area contributed by atoms with Crippen LogP contribution in [0.25, 0.3) is 0 Å². The maximum absolute atomic E-state index is 13.3. The highest BCUT2D eigenvalue weighted by Crippen LogP contribution is 2.26. The zero-order valence-electron chi connectivity index (χ0n) is 17.1. The number of benzene rings is 2. The van der Waals surface area contributed by atoms with Crippen molar-refractivity contribution in [2.45, 2.75) is 38.6 Å². The Morgan fingerprint density at radius 1 is 1.07 bits per heavy atom. The smallest absolute Gasteiger partial charge is 0.264 e. The molecule has 0 radical (unpaired) electrons. The lowest BCUT2D eigenvalue weighted by Crippen LogP contribution is -2.45. The second kappa shape index (κ2) is 9.73. The van der Waals surface area contributed by atoms with Crippen molar-refractivity contribution in [2.24, 2.45) is 5.92 Å². The number of amides is 1. The molecule has 0 saturated heterocycles. The summed E-state index contributed by atoms with van der Waals surface area (Å²) in [6.45, 7) is 7.71. The number of halogens is 1. The fraction of sp³-hybridized carbons (Fsp3) is 0.381. The van der Waals surface area contributed by atoms with Crippen LogP contribution in [-0.2, 0) is 14.8 Å². The topological polar surface area (TPSA) is 75.7 Å². The highest BCUT2D eigenvalue weighted by molar-refractivity contribution is 7.92. The molecule has 6 nitrogen and oxygen atoms in total. The van der Waals surface area contributed by atoms with Crippen LogP contribution in [0.1, 0.15) is 27.7 Å². The van der Waals surface area contributed by atoms with Gasteiger partial charge in [-0.1, -0.05) is 13.8 Å². The Balaban J connectivity index is 2.39. The van der Waals surface area contributed by atoms with Crippen LogP contribution < -0.4 is 14.4 Å². The average Bonchev–Trinajstić information content (AvgIpc) is 2.67. The monoisotopic (exact) mass is 422 g/mol. The molecule has 1 amide bonds. The molecule has 8 heteroatoms. The number of sulfonamides is 1. The first-order valence-corrected chi connectivity index (χ1v) is 10.9. The van der Waals surface area contributed by atoms with Crippen LogP contribution in [0.2, 0.25) is 0 Å². The molecular weight excluding hydrogens is 395 g/mol. The van der Waals surface area contributed by atoms with E-state index in [-0.39, 0.29) is 16.9 Å². The van der Waals surface area contributed by atoms with Gasteiger partial charge in [0.1, 0.15) is 18.1 Å². The van der Waals surface area contributed by atoms with Crippen molar-refractivity contribution in [3.05, 3.63) is 54.3 Å². The third kappa shape index (κ3) is 5.93. The van der Waals surface area contributed by atoms with Gasteiger partial charge in [0, 0.05) is 6.04 Å². The second-order valence-corrected chi connectivity index (χ2v) is 8.86. The third-order valence-electron chi connectivity index (χ3n) is 4.51. The Hall–Kier alpha value is -2.61. The molecule has 2 aromatic carbocycles. The van der Waals surface area contributed by atoms with Crippen LogP contribution in [0.4, 0.5) is 10.1 Å². The van der Waals surface area contributed by atoms with Gasteiger partial charge in [-0.25, -0.2) is 12.8 Å². The van der Waals surface area contributed by atoms with Crippen LogP contribution in [0.15, 0.2) is 53.4 Å². The first-order valence-electron chi connectivity index (χ1n) is 9.45. The molecule has 0 heterocycles. The third-order valence-corrected chi connectivity index (χ3v) is 6.30. The van der Waals surface area contributed by atoms with Gasteiger partial charge in [-0.15, -0.1) is 0 Å². The van der Waals surface area contributed by atoms with E-state index in [1.165, 1.54) is 12.1 Å². The minimum absolute atomic E-state index is 0.0995. The first kappa shape index (κ1) is 22.7. The van der Waals surface area contributed by atoms with E-state index in [4.69, 9.17) is 4.74 Å². The van der Waals surface area contributed by atoms with E-state index in [0.29, 0.717) is 18.0 Å². The summed E-state index contributed by atoms with van der Waals surface area (Å²) in [6.07, 6.45) is 0. The van der Waals surface area contributed by atoms with E-state index in [0.717, 1.165) is 16.4 Å². The molecule has 2 rings (SSSR count). The SMILES string of the molecule is CCOc1ccc(N(CC(=O)N[C@@H](C)C(C)C)S(=O)(=O)c2ccc(F)cc2)cc1. The van der Waals surface area contributed by atoms with Crippen molar-refractivity contribution in [2.75, 3.05) is 17.5 Å². The molecule has 0 spiro atoms. The number of anilines is 1. The lowest BCUT2D eigenvalue weighted by Gasteiger charge is -2.26. The number of ether oxygens (including phenoxy) is 1. The Morgan fingerprint density at radius 3 is 2.17 bits per heavy atom. The van der Waals surface area contributed by atoms with Crippen molar-refractivity contribution in [3.63, 3.8) is 0 Å². The Morgan fingerprint density at radius 2 is 1.66 bits per heavy atom. The number of hydrogen-bond donors (Lipinski definition) is 1. The first-order chi connectivity index (χ1) is 13.6. The van der Waals surface area contributed by atoms with Gasteiger partial charge in [0.05, 0.1) is 17.2 Å². The molecule has 2 aromatic rings. The van der Waals surface area contributed by atoms with E-state index < -0.39 is 28.3 Å². The molecule has 0 fully saturated rings. The number of nitrogens with zero attached hydrogens (tertiary/aromatic N) is 1. The molecule has 0 aliphatic rings. The molecule has 0 saturated carbocycles. The zero-order valence-corrected chi connectivity index (χ0v) is 17.9. The van der Waals surface area contributed by atoms with Crippen LogP contribution >= 0.6 is 0 Å². The van der Waals surface area contributed by atoms with E-state index >= 15 is 0 Å². The van der Waals surface area contributed by atoms with E-state index in [2.05, 4.69) is 5.32 Å². The highest BCUT2D eigenvalue weighted by Gasteiger charge is 2.28. The maximum atomic E-state index is 13.3. The van der Waals surface area contributed by atoms with Gasteiger partial charge in [0.15, 0.2) is 0 Å². The fourth-order valence-electron chi connectivity index (χ4n) is 2.52. The summed E-state index contributed by atoms with van der Waals surface area (Å²) in [5.41, 5.74) is 0.310. The zero-order chi connectivity index (χ0) is 21.6. The quantitative estimate of drug-likeness (QED) is 0.670. The molecular formula is C21H27FN2O4S. The number of carbonyl (C=O) groups is 1. The molecule has 1 atom stereocenters. The molecule has 0 bridgehead atoms. The second-order valence-electron chi connectivity index (χ2n) is 6.99. The van der Waals surface area contributed by atoms with E-state index in [1.807, 2.05) is 27.7 Å². The van der Waals surface area contributed by atoms with Crippen molar-refractivity contribution in [1.29, 1.82) is 0 Å². The normalized spacial score (nSPS) is 12.5. The number of hydrogen-bond acceptors (Lipinski definition) is 4. The van der Waals surface area contributed by atoms with Crippen LogP contribution in [0.3, 0.4) is 0 Å². The van der Waals surface area contributed by atoms with Crippen LogP contribution in [-0.4, -0.2) is 33.5 Å². The predicted molar refractivity (Wildman–Crippen MR) is 111 cm³/mol. The Bertz CT molecular complexity index is 913. The summed E-state index contributed by atoms with van der Waals surface area (Å²) < 4.78 is 46.1. The van der Waals surface area contributed by atoms with Gasteiger partial charge < -0.3 is 10.1 Å². The fourth-order valence-corrected chi connectivity index (χ4v) is 3.94. The summed E-state index contributed by atoms with van der Waals surface area (Å²) in [7, 11) is -4.08. The van der Waals surface area contributed by atoms with E-state index in [1.54, 1.807) is 24.3 Å². The molecule has 0 aliphatic carbocycles. The van der Waals surface area contributed by atoms with Crippen molar-refractivity contribution in [3.8, 4) is 5.75 Å². The summed E-state index contributed by atoms with van der Waals surface area (Å²) in [4.78, 5) is 12.4. The van der Waals surface area contributed by atoms with Crippen molar-refractivity contribution in [1.82, 2.24) is 5.32 Å². The lowest BCUT2D eigenvalue weighted by molar-refractivity contribution is -0.120. The molecule has 0 aliphatic heterocycles. The number of nitrogens with one attached hydrogen (secondary N) is 1. The Kier molecular flexibility index (Phi) is 7.61. The summed E-state index contributed by atoms with van der Waals surface area (Å²) >= 11 is 0. The minimum Gasteiger partial charge on any atom is -0.494 e.